The Balaban J connectivity index is 1.45. The number of carbonyl (C=O) groups excluding carboxylic acids is 2. The van der Waals surface area contributed by atoms with Crippen molar-refractivity contribution in [2.45, 2.75) is 33.8 Å². The molecule has 1 heterocycles. The van der Waals surface area contributed by atoms with Crippen LogP contribution >= 0.6 is 34.5 Å². The lowest BCUT2D eigenvalue weighted by atomic mass is 9.96. The molecule has 34 heavy (non-hydrogen) atoms. The Kier molecular flexibility index (Phi) is 8.60. The van der Waals surface area contributed by atoms with E-state index < -0.39 is 5.41 Å². The molecule has 0 saturated carbocycles. The lowest BCUT2D eigenvalue weighted by Crippen LogP contribution is -2.27. The summed E-state index contributed by atoms with van der Waals surface area (Å²) in [7, 11) is 0. The number of amides is 2. The van der Waals surface area contributed by atoms with Gasteiger partial charge in [-0.15, -0.1) is 10.2 Å². The molecule has 0 spiro atoms. The van der Waals surface area contributed by atoms with Crippen LogP contribution in [0.2, 0.25) is 10.0 Å². The van der Waals surface area contributed by atoms with Crippen LogP contribution in [-0.4, -0.2) is 28.2 Å². The van der Waals surface area contributed by atoms with E-state index in [0.717, 1.165) is 22.5 Å². The van der Waals surface area contributed by atoms with Crippen LogP contribution in [0.4, 0.5) is 5.13 Å². The van der Waals surface area contributed by atoms with Gasteiger partial charge in [-0.3, -0.25) is 9.59 Å². The maximum Gasteiger partial charge on any atom is 0.247 e. The number of carbonyl (C=O) groups is 2. The number of aromatic nitrogens is 2. The van der Waals surface area contributed by atoms with Crippen LogP contribution in [0.5, 0.6) is 5.75 Å². The summed E-state index contributed by atoms with van der Waals surface area (Å²) < 4.78 is 5.74. The number of nitrogens with one attached hydrogen (secondary N) is 2. The molecule has 0 unspecified atom stereocenters. The summed E-state index contributed by atoms with van der Waals surface area (Å²) >= 11 is 13.2. The Morgan fingerprint density at radius 3 is 2.53 bits per heavy atom. The maximum absolute atomic E-state index is 12.1. The van der Waals surface area contributed by atoms with Crippen molar-refractivity contribution in [3.63, 3.8) is 0 Å². The van der Waals surface area contributed by atoms with Crippen LogP contribution in [0, 0.1) is 5.41 Å². The molecule has 0 radical (unpaired) electrons. The maximum atomic E-state index is 12.1. The van der Waals surface area contributed by atoms with Gasteiger partial charge in [0.05, 0.1) is 12.6 Å². The SMILES string of the molecule is CC(C)(C)C(=O)Nc1nnc(CC(=O)N/N=C\c2ccc(OCc3ccc(Cl)cc3Cl)cc2)s1. The third-order valence-electron chi connectivity index (χ3n) is 4.37. The second-order valence-corrected chi connectivity index (χ2v) is 10.2. The molecule has 11 heteroatoms. The van der Waals surface area contributed by atoms with Gasteiger partial charge in [0.2, 0.25) is 16.9 Å². The van der Waals surface area contributed by atoms with Crippen molar-refractivity contribution in [3.05, 3.63) is 68.6 Å². The van der Waals surface area contributed by atoms with Crippen LogP contribution in [0.15, 0.2) is 47.6 Å². The van der Waals surface area contributed by atoms with E-state index in [1.54, 1.807) is 45.0 Å². The van der Waals surface area contributed by atoms with Crippen molar-refractivity contribution in [3.8, 4) is 5.75 Å². The molecule has 0 fully saturated rings. The molecule has 3 rings (SSSR count). The first-order valence-electron chi connectivity index (χ1n) is 10.2. The lowest BCUT2D eigenvalue weighted by molar-refractivity contribution is -0.123. The van der Waals surface area contributed by atoms with Crippen LogP contribution in [0.3, 0.4) is 0 Å². The number of rotatable bonds is 8. The molecule has 1 aromatic heterocycles. The summed E-state index contributed by atoms with van der Waals surface area (Å²) in [5.41, 5.74) is 3.51. The average Bonchev–Trinajstić information content (AvgIpc) is 3.20. The summed E-state index contributed by atoms with van der Waals surface area (Å²) in [5.74, 6) is 0.146. The van der Waals surface area contributed by atoms with E-state index in [-0.39, 0.29) is 18.2 Å². The smallest absolute Gasteiger partial charge is 0.247 e. The van der Waals surface area contributed by atoms with E-state index in [0.29, 0.717) is 32.5 Å². The Labute approximate surface area is 211 Å². The van der Waals surface area contributed by atoms with E-state index >= 15 is 0 Å². The number of hydrazone groups is 1. The van der Waals surface area contributed by atoms with Gasteiger partial charge in [0.1, 0.15) is 17.4 Å². The summed E-state index contributed by atoms with van der Waals surface area (Å²) in [6.45, 7) is 5.71. The van der Waals surface area contributed by atoms with E-state index in [4.69, 9.17) is 27.9 Å². The van der Waals surface area contributed by atoms with Gasteiger partial charge in [-0.25, -0.2) is 5.43 Å². The monoisotopic (exact) mass is 519 g/mol. The normalized spacial score (nSPS) is 11.4. The minimum Gasteiger partial charge on any atom is -0.489 e. The Bertz CT molecular complexity index is 1190. The Hall–Kier alpha value is -3.01. The molecule has 0 atom stereocenters. The number of benzene rings is 2. The highest BCUT2D eigenvalue weighted by Crippen LogP contribution is 2.23. The quantitative estimate of drug-likeness (QED) is 0.318. The molecule has 2 aromatic carbocycles. The summed E-state index contributed by atoms with van der Waals surface area (Å²) in [5, 5.41) is 16.4. The molecule has 2 amide bonds. The largest absolute Gasteiger partial charge is 0.489 e. The van der Waals surface area contributed by atoms with Crippen LogP contribution < -0.4 is 15.5 Å². The number of nitrogens with zero attached hydrogens (tertiary/aromatic N) is 3. The molecular weight excluding hydrogens is 497 g/mol. The Morgan fingerprint density at radius 2 is 1.85 bits per heavy atom. The van der Waals surface area contributed by atoms with Gasteiger partial charge in [0, 0.05) is 21.0 Å². The molecular formula is C23H23Cl2N5O3S. The number of hydrogen-bond acceptors (Lipinski definition) is 7. The van der Waals surface area contributed by atoms with E-state index in [1.807, 2.05) is 18.2 Å². The van der Waals surface area contributed by atoms with Crippen molar-refractivity contribution in [2.75, 3.05) is 5.32 Å². The molecule has 0 aliphatic carbocycles. The van der Waals surface area contributed by atoms with Gasteiger partial charge in [0.15, 0.2) is 0 Å². The molecule has 0 aliphatic rings. The number of anilines is 1. The number of halogens is 2. The van der Waals surface area contributed by atoms with E-state index in [2.05, 4.69) is 26.0 Å². The van der Waals surface area contributed by atoms with Gasteiger partial charge >= 0.3 is 0 Å². The topological polar surface area (TPSA) is 106 Å². The highest BCUT2D eigenvalue weighted by Gasteiger charge is 2.22. The van der Waals surface area contributed by atoms with Crippen molar-refractivity contribution in [1.29, 1.82) is 0 Å². The average molecular weight is 520 g/mol. The van der Waals surface area contributed by atoms with Crippen LogP contribution in [0.1, 0.15) is 36.9 Å². The van der Waals surface area contributed by atoms with Gasteiger partial charge < -0.3 is 10.1 Å². The fourth-order valence-electron chi connectivity index (χ4n) is 2.47. The highest BCUT2D eigenvalue weighted by molar-refractivity contribution is 7.15. The third-order valence-corrected chi connectivity index (χ3v) is 5.80. The third kappa shape index (κ3) is 7.79. The second-order valence-electron chi connectivity index (χ2n) is 8.27. The van der Waals surface area contributed by atoms with Crippen molar-refractivity contribution in [1.82, 2.24) is 15.6 Å². The van der Waals surface area contributed by atoms with Crippen molar-refractivity contribution >= 4 is 57.7 Å². The van der Waals surface area contributed by atoms with Gasteiger partial charge in [-0.05, 0) is 42.0 Å². The van der Waals surface area contributed by atoms with E-state index in [9.17, 15) is 9.59 Å². The fraction of sp³-hybridized carbons (Fsp3) is 0.261. The molecule has 3 aromatic rings. The van der Waals surface area contributed by atoms with Gasteiger partial charge in [-0.1, -0.05) is 61.4 Å². The zero-order valence-electron chi connectivity index (χ0n) is 18.8. The highest BCUT2D eigenvalue weighted by atomic mass is 35.5. The van der Waals surface area contributed by atoms with Crippen molar-refractivity contribution < 1.29 is 14.3 Å². The summed E-state index contributed by atoms with van der Waals surface area (Å²) in [6.07, 6.45) is 1.52. The molecule has 2 N–H and O–H groups in total. The standard InChI is InChI=1S/C23H23Cl2N5O3S/c1-23(2,3)21(32)27-22-30-29-20(34-22)11-19(31)28-26-12-14-4-8-17(9-5-14)33-13-15-6-7-16(24)10-18(15)25/h4-10,12H,11,13H2,1-3H3,(H,28,31)(H,27,30,32)/b26-12-. The zero-order valence-corrected chi connectivity index (χ0v) is 21.1. The number of ether oxygens (including phenoxy) is 1. The summed E-state index contributed by atoms with van der Waals surface area (Å²) in [6, 6.07) is 12.5. The summed E-state index contributed by atoms with van der Waals surface area (Å²) in [4.78, 5) is 24.1. The van der Waals surface area contributed by atoms with Gasteiger partial charge in [-0.2, -0.15) is 5.10 Å². The zero-order chi connectivity index (χ0) is 24.7. The van der Waals surface area contributed by atoms with Crippen LogP contribution in [0.25, 0.3) is 0 Å². The fourth-order valence-corrected chi connectivity index (χ4v) is 3.66. The first-order valence-corrected chi connectivity index (χ1v) is 11.8. The Morgan fingerprint density at radius 1 is 1.12 bits per heavy atom. The predicted octanol–water partition coefficient (Wildman–Crippen LogP) is 5.10. The first kappa shape index (κ1) is 25.6. The van der Waals surface area contributed by atoms with Crippen LogP contribution in [-0.2, 0) is 22.6 Å². The molecule has 0 bridgehead atoms. The predicted molar refractivity (Wildman–Crippen MR) is 135 cm³/mol. The van der Waals surface area contributed by atoms with Gasteiger partial charge in [0.25, 0.3) is 0 Å². The number of hydrogen-bond donors (Lipinski definition) is 2. The first-order chi connectivity index (χ1) is 16.1. The minimum absolute atomic E-state index is 0.000427. The molecule has 0 aliphatic heterocycles. The minimum atomic E-state index is -0.549. The van der Waals surface area contributed by atoms with Crippen molar-refractivity contribution in [2.24, 2.45) is 10.5 Å². The molecule has 0 saturated heterocycles. The lowest BCUT2D eigenvalue weighted by Gasteiger charge is -2.15. The molecule has 178 valence electrons. The second kappa shape index (κ2) is 11.4. The molecule has 8 nitrogen and oxygen atoms in total. The van der Waals surface area contributed by atoms with E-state index in [1.165, 1.54) is 6.21 Å².